The van der Waals surface area contributed by atoms with Crippen molar-refractivity contribution in [3.63, 3.8) is 0 Å². The molecular weight excluding hydrogens is 404 g/mol. The van der Waals surface area contributed by atoms with Crippen molar-refractivity contribution < 1.29 is 9.48 Å². The van der Waals surface area contributed by atoms with Gasteiger partial charge in [0.15, 0.2) is 0 Å². The van der Waals surface area contributed by atoms with Gasteiger partial charge in [-0.25, -0.2) is 4.90 Å². The minimum Gasteiger partial charge on any atom is -0.291 e. The fourth-order valence-electron chi connectivity index (χ4n) is 3.51. The normalized spacial score (nSPS) is 15.1. The van der Waals surface area contributed by atoms with E-state index in [0.717, 1.165) is 35.4 Å². The summed E-state index contributed by atoms with van der Waals surface area (Å²) in [6.07, 6.45) is 2.02. The predicted molar refractivity (Wildman–Crippen MR) is 116 cm³/mol. The topological polar surface area (TPSA) is 69.9 Å². The number of anilines is 1. The van der Waals surface area contributed by atoms with E-state index in [-0.39, 0.29) is 11.5 Å². The molecule has 1 aliphatic rings. The first-order valence-corrected chi connectivity index (χ1v) is 11.7. The Labute approximate surface area is 177 Å². The molecule has 0 spiro atoms. The maximum atomic E-state index is 13.1. The van der Waals surface area contributed by atoms with Crippen LogP contribution in [0.2, 0.25) is 0 Å². The van der Waals surface area contributed by atoms with Crippen molar-refractivity contribution in [1.29, 1.82) is 0 Å². The predicted octanol–water partition coefficient (Wildman–Crippen LogP) is 3.98. The molecule has 150 valence electrons. The van der Waals surface area contributed by atoms with E-state index in [1.807, 2.05) is 48.0 Å². The van der Waals surface area contributed by atoms with Crippen LogP contribution in [0.25, 0.3) is 11.3 Å². The third-order valence-electron chi connectivity index (χ3n) is 4.91. The third kappa shape index (κ3) is 3.62. The number of para-hydroxylation sites is 1. The van der Waals surface area contributed by atoms with Crippen LogP contribution in [0.15, 0.2) is 51.0 Å². The van der Waals surface area contributed by atoms with Gasteiger partial charge in [-0.15, -0.1) is 0 Å². The molecule has 1 aliphatic heterocycles. The Hall–Kier alpha value is -2.45. The number of fused-ring (bicyclic) bond motifs is 3. The van der Waals surface area contributed by atoms with E-state index in [2.05, 4.69) is 11.9 Å². The van der Waals surface area contributed by atoms with Gasteiger partial charge < -0.3 is 0 Å². The molecule has 4 rings (SSSR count). The summed E-state index contributed by atoms with van der Waals surface area (Å²) in [6, 6.07) is 9.54. The summed E-state index contributed by atoms with van der Waals surface area (Å²) in [5.74, 6) is 0.880. The zero-order chi connectivity index (χ0) is 20.4. The summed E-state index contributed by atoms with van der Waals surface area (Å²) < 4.78 is 1.73. The first kappa shape index (κ1) is 19.8. The molecule has 1 atom stereocenters. The summed E-state index contributed by atoms with van der Waals surface area (Å²) in [4.78, 5) is 30.8. The Balaban J connectivity index is 1.95. The number of carbonyl (C=O) groups excluding carboxylic acids is 1. The molecule has 0 saturated carbocycles. The average molecular weight is 428 g/mol. The van der Waals surface area contributed by atoms with Crippen LogP contribution in [0.4, 0.5) is 5.69 Å². The molecule has 0 saturated heterocycles. The van der Waals surface area contributed by atoms with Crippen LogP contribution in [-0.4, -0.2) is 21.7 Å². The van der Waals surface area contributed by atoms with Crippen LogP contribution >= 0.6 is 23.1 Å². The molecule has 3 aromatic rings. The minimum atomic E-state index is -0.480. The average Bonchev–Trinajstić information content (AvgIpc) is 3.26. The number of thiophene rings is 1. The van der Waals surface area contributed by atoms with Gasteiger partial charge in [0, 0.05) is 22.7 Å². The summed E-state index contributed by atoms with van der Waals surface area (Å²) in [5.41, 5.74) is 2.71. The Morgan fingerprint density at radius 3 is 2.86 bits per heavy atom. The largest absolute Gasteiger partial charge is 0.325 e. The molecule has 0 radical (unpaired) electrons. The molecule has 6 nitrogen and oxygen atoms in total. The lowest BCUT2D eigenvalue weighted by Gasteiger charge is -2.31. The van der Waals surface area contributed by atoms with Crippen molar-refractivity contribution in [1.82, 2.24) is 10.1 Å². The molecular formula is C21H23N4O2S2+. The van der Waals surface area contributed by atoms with Gasteiger partial charge in [0.25, 0.3) is 6.17 Å². The lowest BCUT2D eigenvalue weighted by Crippen LogP contribution is -2.60. The van der Waals surface area contributed by atoms with Crippen molar-refractivity contribution in [3.05, 3.63) is 57.0 Å². The lowest BCUT2D eigenvalue weighted by molar-refractivity contribution is -0.763. The van der Waals surface area contributed by atoms with Crippen molar-refractivity contribution in [2.45, 2.75) is 44.4 Å². The first-order valence-electron chi connectivity index (χ1n) is 9.78. The summed E-state index contributed by atoms with van der Waals surface area (Å²) in [7, 11) is 0. The Kier molecular flexibility index (Phi) is 5.82. The van der Waals surface area contributed by atoms with E-state index in [1.165, 1.54) is 11.8 Å². The van der Waals surface area contributed by atoms with Crippen molar-refractivity contribution in [3.8, 4) is 11.3 Å². The van der Waals surface area contributed by atoms with Crippen molar-refractivity contribution in [2.75, 3.05) is 10.7 Å². The molecule has 1 aromatic carbocycles. The summed E-state index contributed by atoms with van der Waals surface area (Å²) in [6.45, 7) is 3.99. The maximum absolute atomic E-state index is 13.1. The number of aromatic amines is 1. The highest BCUT2D eigenvalue weighted by molar-refractivity contribution is 7.99. The molecule has 0 aliphatic carbocycles. The Bertz CT molecular complexity index is 1080. The molecule has 0 bridgehead atoms. The Morgan fingerprint density at radius 1 is 1.31 bits per heavy atom. The number of nitrogens with zero attached hydrogens (tertiary/aromatic N) is 3. The highest BCUT2D eigenvalue weighted by Crippen LogP contribution is 2.37. The fourth-order valence-corrected chi connectivity index (χ4v) is 5.12. The van der Waals surface area contributed by atoms with Gasteiger partial charge in [-0.05, 0) is 34.7 Å². The molecule has 0 unspecified atom stereocenters. The molecule has 2 aromatic heterocycles. The number of hydrogen-bond acceptors (Lipinski definition) is 5. The maximum Gasteiger partial charge on any atom is 0.325 e. The summed E-state index contributed by atoms with van der Waals surface area (Å²) in [5, 5.41) is 9.36. The van der Waals surface area contributed by atoms with E-state index >= 15 is 0 Å². The van der Waals surface area contributed by atoms with Crippen LogP contribution < -0.4 is 15.1 Å². The van der Waals surface area contributed by atoms with Crippen LogP contribution in [0.3, 0.4) is 0 Å². The highest BCUT2D eigenvalue weighted by atomic mass is 32.2. The number of hydrogen-bond donors (Lipinski definition) is 1. The molecule has 3 heterocycles. The number of nitrogens with one attached hydrogen (secondary N) is 1. The van der Waals surface area contributed by atoms with E-state index < -0.39 is 6.17 Å². The van der Waals surface area contributed by atoms with Gasteiger partial charge >= 0.3 is 11.3 Å². The Morgan fingerprint density at radius 2 is 2.14 bits per heavy atom. The van der Waals surface area contributed by atoms with Crippen LogP contribution in [0, 0.1) is 0 Å². The number of carbonyl (C=O) groups is 1. The van der Waals surface area contributed by atoms with Crippen molar-refractivity contribution >= 4 is 34.7 Å². The summed E-state index contributed by atoms with van der Waals surface area (Å²) >= 11 is 3.11. The lowest BCUT2D eigenvalue weighted by atomic mass is 10.0. The first-order chi connectivity index (χ1) is 14.2. The smallest absolute Gasteiger partial charge is 0.291 e. The zero-order valence-corrected chi connectivity index (χ0v) is 18.1. The number of rotatable bonds is 6. The molecule has 29 heavy (non-hydrogen) atoms. The van der Waals surface area contributed by atoms with Crippen molar-refractivity contribution in [2.24, 2.45) is 0 Å². The SMILES string of the molecule is CCCCSc1n[n+]2c(c(=O)[nH]1)-c1ccccc1N(C(=O)CC)[C@H]2c1ccsc1. The van der Waals surface area contributed by atoms with Crippen LogP contribution in [-0.2, 0) is 4.79 Å². The quantitative estimate of drug-likeness (QED) is 0.367. The number of H-pyrrole nitrogens is 1. The van der Waals surface area contributed by atoms with E-state index in [1.54, 1.807) is 20.9 Å². The second-order valence-corrected chi connectivity index (χ2v) is 8.68. The standard InChI is InChI=1S/C21H22N4O2S2/c1-3-5-11-29-21-22-19(27)18-15-8-6-7-9-16(15)24(17(26)4-2)20(25(18)23-21)14-10-12-28-13-14/h6-10,12-13,20H,3-5,11H2,1-2H3/p+1/t20-/m1/s1. The molecule has 8 heteroatoms. The third-order valence-corrected chi connectivity index (χ3v) is 6.56. The van der Waals surface area contributed by atoms with E-state index in [4.69, 9.17) is 5.10 Å². The zero-order valence-electron chi connectivity index (χ0n) is 16.4. The number of thioether (sulfide) groups is 1. The minimum absolute atomic E-state index is 0.00549. The van der Waals surface area contributed by atoms with E-state index in [0.29, 0.717) is 17.3 Å². The molecule has 1 amide bonds. The fraction of sp³-hybridized carbons (Fsp3) is 0.333. The number of unbranched alkanes of at least 4 members (excludes halogenated alkanes) is 1. The van der Waals surface area contributed by atoms with Gasteiger partial charge in [-0.1, -0.05) is 44.2 Å². The van der Waals surface area contributed by atoms with E-state index in [9.17, 15) is 9.59 Å². The number of benzene rings is 1. The van der Waals surface area contributed by atoms with Gasteiger partial charge in [-0.2, -0.15) is 11.3 Å². The molecule has 1 N–H and O–H groups in total. The monoisotopic (exact) mass is 427 g/mol. The number of amides is 1. The second kappa shape index (κ2) is 8.51. The van der Waals surface area contributed by atoms with Gasteiger partial charge in [0.1, 0.15) is 0 Å². The number of aromatic nitrogens is 3. The second-order valence-electron chi connectivity index (χ2n) is 6.82. The molecule has 0 fully saturated rings. The van der Waals surface area contributed by atoms with Crippen LogP contribution in [0.5, 0.6) is 0 Å². The van der Waals surface area contributed by atoms with Gasteiger partial charge in [0.2, 0.25) is 11.1 Å². The highest BCUT2D eigenvalue weighted by Gasteiger charge is 2.45. The van der Waals surface area contributed by atoms with Crippen LogP contribution in [0.1, 0.15) is 44.8 Å². The van der Waals surface area contributed by atoms with Gasteiger partial charge in [-0.3, -0.25) is 14.6 Å². The van der Waals surface area contributed by atoms with Gasteiger partial charge in [0.05, 0.1) is 16.8 Å².